The Labute approximate surface area is 166 Å². The molecule has 29 heavy (non-hydrogen) atoms. The van der Waals surface area contributed by atoms with Gasteiger partial charge in [-0.15, -0.1) is 0 Å². The Hall–Kier alpha value is -2.98. The average molecular weight is 403 g/mol. The maximum Gasteiger partial charge on any atom is 0.322 e. The fourth-order valence-corrected chi connectivity index (χ4v) is 3.63. The summed E-state index contributed by atoms with van der Waals surface area (Å²) < 4.78 is 15.0. The van der Waals surface area contributed by atoms with Crippen LogP contribution in [0.25, 0.3) is 0 Å². The van der Waals surface area contributed by atoms with Gasteiger partial charge < -0.3 is 15.3 Å². The van der Waals surface area contributed by atoms with Crippen molar-refractivity contribution in [2.75, 3.05) is 25.5 Å². The number of anilines is 1. The predicted octanol–water partition coefficient (Wildman–Crippen LogP) is 1.30. The number of aryl methyl sites for hydroxylation is 1. The van der Waals surface area contributed by atoms with E-state index in [4.69, 9.17) is 4.84 Å². The molecule has 10 heteroatoms. The van der Waals surface area contributed by atoms with Crippen molar-refractivity contribution in [3.63, 3.8) is 0 Å². The van der Waals surface area contributed by atoms with Gasteiger partial charge in [0.1, 0.15) is 17.6 Å². The minimum atomic E-state index is -0.576. The molecule has 0 fully saturated rings. The summed E-state index contributed by atoms with van der Waals surface area (Å²) in [6.07, 6.45) is -0.0694. The van der Waals surface area contributed by atoms with Crippen LogP contribution in [0.5, 0.6) is 0 Å². The number of nitrogens with one attached hydrogen (secondary N) is 1. The lowest BCUT2D eigenvalue weighted by Crippen LogP contribution is -2.39. The molecule has 0 bridgehead atoms. The first-order chi connectivity index (χ1) is 13.9. The molecule has 9 nitrogen and oxygen atoms in total. The molecule has 0 saturated carbocycles. The largest absolute Gasteiger partial charge is 0.393 e. The van der Waals surface area contributed by atoms with Crippen LogP contribution in [0.1, 0.15) is 27.3 Å². The minimum absolute atomic E-state index is 0.222. The molecule has 1 atom stereocenters. The molecule has 0 saturated heterocycles. The molecule has 0 radical (unpaired) electrons. The highest BCUT2D eigenvalue weighted by atomic mass is 19.1. The van der Waals surface area contributed by atoms with Crippen LogP contribution in [0, 0.1) is 12.7 Å². The smallest absolute Gasteiger partial charge is 0.322 e. The van der Waals surface area contributed by atoms with Crippen molar-refractivity contribution in [1.82, 2.24) is 19.7 Å². The quantitative estimate of drug-likeness (QED) is 0.787. The number of hydrogen-bond donors (Lipinski definition) is 2. The molecule has 4 rings (SSSR count). The van der Waals surface area contributed by atoms with Gasteiger partial charge in [-0.25, -0.2) is 14.2 Å². The summed E-state index contributed by atoms with van der Waals surface area (Å²) in [6.45, 7) is 2.30. The number of fused-ring (bicyclic) bond motifs is 3. The molecule has 0 unspecified atom stereocenters. The summed E-state index contributed by atoms with van der Waals surface area (Å²) in [5.74, 6) is -0.703. The zero-order valence-electron chi connectivity index (χ0n) is 16.2. The Morgan fingerprint density at radius 3 is 2.97 bits per heavy atom. The molecule has 3 amide bonds. The van der Waals surface area contributed by atoms with E-state index < -0.39 is 6.10 Å². The Bertz CT molecular complexity index is 976. The summed E-state index contributed by atoms with van der Waals surface area (Å²) in [5.41, 5.74) is 2.76. The molecule has 2 N–H and O–H groups in total. The number of urea groups is 1. The average Bonchev–Trinajstić information content (AvgIpc) is 3.00. The van der Waals surface area contributed by atoms with Crippen molar-refractivity contribution < 1.29 is 23.9 Å². The molecular weight excluding hydrogens is 381 g/mol. The summed E-state index contributed by atoms with van der Waals surface area (Å²) in [4.78, 5) is 32.5. The van der Waals surface area contributed by atoms with Gasteiger partial charge in [0.05, 0.1) is 25.4 Å². The second-order valence-electron chi connectivity index (χ2n) is 7.23. The van der Waals surface area contributed by atoms with Crippen LogP contribution in [0.2, 0.25) is 0 Å². The number of benzene rings is 1. The summed E-state index contributed by atoms with van der Waals surface area (Å²) in [6, 6.07) is 4.05. The maximum absolute atomic E-state index is 13.4. The van der Waals surface area contributed by atoms with Crippen molar-refractivity contribution in [2.24, 2.45) is 0 Å². The second-order valence-corrected chi connectivity index (χ2v) is 7.23. The van der Waals surface area contributed by atoms with Crippen LogP contribution in [0.3, 0.4) is 0 Å². The number of carbonyl (C=O) groups excluding carboxylic acids is 2. The number of hydroxylamine groups is 2. The van der Waals surface area contributed by atoms with Crippen LogP contribution in [-0.4, -0.2) is 63.1 Å². The highest BCUT2D eigenvalue weighted by molar-refractivity contribution is 5.94. The highest BCUT2D eigenvalue weighted by Gasteiger charge is 2.35. The van der Waals surface area contributed by atoms with Crippen LogP contribution in [0.4, 0.5) is 14.9 Å². The normalized spacial score (nSPS) is 18.9. The third kappa shape index (κ3) is 3.56. The molecule has 1 aromatic carbocycles. The molecule has 3 heterocycles. The van der Waals surface area contributed by atoms with Gasteiger partial charge in [0.2, 0.25) is 0 Å². The number of rotatable bonds is 2. The molecule has 2 aliphatic heterocycles. The summed E-state index contributed by atoms with van der Waals surface area (Å²) in [5, 5.41) is 17.8. The van der Waals surface area contributed by atoms with Gasteiger partial charge in [0, 0.05) is 31.3 Å². The molecule has 0 aliphatic carbocycles. The maximum atomic E-state index is 13.4. The number of carbonyl (C=O) groups is 2. The van der Waals surface area contributed by atoms with Crippen LogP contribution in [0.15, 0.2) is 18.2 Å². The molecular formula is C19H22FN5O4. The van der Waals surface area contributed by atoms with Gasteiger partial charge in [0.25, 0.3) is 5.91 Å². The predicted molar refractivity (Wildman–Crippen MR) is 101 cm³/mol. The molecule has 2 aliphatic rings. The van der Waals surface area contributed by atoms with Gasteiger partial charge in [-0.2, -0.15) is 5.10 Å². The lowest BCUT2D eigenvalue weighted by molar-refractivity contribution is -0.159. The molecule has 2 aromatic rings. The van der Waals surface area contributed by atoms with Crippen molar-refractivity contribution in [3.05, 3.63) is 46.5 Å². The number of aliphatic hydroxyl groups is 1. The molecule has 0 spiro atoms. The first-order valence-corrected chi connectivity index (χ1v) is 9.33. The SMILES string of the molecule is Cc1cc(NC(=O)N2CCc3nn4c(c3C2)C(=O)N(C)O[C@H](CO)C4)ccc1F. The van der Waals surface area contributed by atoms with E-state index in [0.29, 0.717) is 35.5 Å². The van der Waals surface area contributed by atoms with Crippen molar-refractivity contribution in [1.29, 1.82) is 0 Å². The van der Waals surface area contributed by atoms with Gasteiger partial charge in [0.15, 0.2) is 0 Å². The summed E-state index contributed by atoms with van der Waals surface area (Å²) >= 11 is 0. The van der Waals surface area contributed by atoms with Crippen molar-refractivity contribution >= 4 is 17.6 Å². The number of nitrogens with zero attached hydrogens (tertiary/aromatic N) is 4. The second kappa shape index (κ2) is 7.45. The van der Waals surface area contributed by atoms with Crippen LogP contribution < -0.4 is 5.32 Å². The number of aromatic nitrogens is 2. The van der Waals surface area contributed by atoms with E-state index in [2.05, 4.69) is 10.4 Å². The van der Waals surface area contributed by atoms with E-state index in [1.807, 2.05) is 0 Å². The van der Waals surface area contributed by atoms with Gasteiger partial charge in [-0.1, -0.05) is 0 Å². The van der Waals surface area contributed by atoms with E-state index in [0.717, 1.165) is 10.8 Å². The molecule has 154 valence electrons. The monoisotopic (exact) mass is 403 g/mol. The first kappa shape index (κ1) is 19.3. The standard InChI is InChI=1S/C19H22FN5O4/c1-11-7-12(3-4-15(11)20)21-19(28)24-6-5-16-14(9-24)17-18(27)23(2)29-13(10-26)8-25(17)22-16/h3-4,7,13,26H,5-6,8-10H2,1-2H3,(H,21,28)/t13-/m0/s1. The Morgan fingerprint density at radius 2 is 2.24 bits per heavy atom. The highest BCUT2D eigenvalue weighted by Crippen LogP contribution is 2.26. The fourth-order valence-electron chi connectivity index (χ4n) is 3.63. The van der Waals surface area contributed by atoms with Crippen molar-refractivity contribution in [2.45, 2.75) is 32.5 Å². The Morgan fingerprint density at radius 1 is 1.45 bits per heavy atom. The van der Waals surface area contributed by atoms with E-state index in [1.165, 1.54) is 19.2 Å². The van der Waals surface area contributed by atoms with Gasteiger partial charge in [-0.3, -0.25) is 14.3 Å². The van der Waals surface area contributed by atoms with Crippen LogP contribution >= 0.6 is 0 Å². The van der Waals surface area contributed by atoms with E-state index in [-0.39, 0.29) is 37.5 Å². The van der Waals surface area contributed by atoms with Crippen molar-refractivity contribution in [3.8, 4) is 0 Å². The van der Waals surface area contributed by atoms with E-state index in [9.17, 15) is 19.1 Å². The number of hydrogen-bond acceptors (Lipinski definition) is 5. The van der Waals surface area contributed by atoms with Gasteiger partial charge in [-0.05, 0) is 30.7 Å². The van der Waals surface area contributed by atoms with E-state index >= 15 is 0 Å². The third-order valence-corrected chi connectivity index (χ3v) is 5.17. The zero-order chi connectivity index (χ0) is 20.7. The number of halogens is 1. The third-order valence-electron chi connectivity index (χ3n) is 5.17. The minimum Gasteiger partial charge on any atom is -0.393 e. The lowest BCUT2D eigenvalue weighted by atomic mass is 10.1. The lowest BCUT2D eigenvalue weighted by Gasteiger charge is -2.27. The van der Waals surface area contributed by atoms with Crippen LogP contribution in [-0.2, 0) is 24.3 Å². The first-order valence-electron chi connectivity index (χ1n) is 9.33. The van der Waals surface area contributed by atoms with Gasteiger partial charge >= 0.3 is 6.03 Å². The number of amides is 3. The number of aliphatic hydroxyl groups excluding tert-OH is 1. The Kier molecular flexibility index (Phi) is 4.97. The Balaban J connectivity index is 1.57. The zero-order valence-corrected chi connectivity index (χ0v) is 16.2. The fraction of sp³-hybridized carbons (Fsp3) is 0.421. The molecule has 1 aromatic heterocycles. The topological polar surface area (TPSA) is 99.9 Å². The summed E-state index contributed by atoms with van der Waals surface area (Å²) in [7, 11) is 1.49. The van der Waals surface area contributed by atoms with E-state index in [1.54, 1.807) is 22.6 Å².